The van der Waals surface area contributed by atoms with E-state index in [0.717, 1.165) is 36.9 Å². The molecule has 0 aromatic carbocycles. The summed E-state index contributed by atoms with van der Waals surface area (Å²) in [4.78, 5) is 31.2. The van der Waals surface area contributed by atoms with E-state index in [2.05, 4.69) is 6.20 Å². The van der Waals surface area contributed by atoms with E-state index in [-0.39, 0.29) is 23.3 Å². The summed E-state index contributed by atoms with van der Waals surface area (Å²) in [5, 5.41) is 4.78. The number of likely N-dealkylation sites (tertiary alicyclic amines) is 1. The minimum Gasteiger partial charge on any atom is -0.381 e. The quantitative estimate of drug-likeness (QED) is 0.724. The van der Waals surface area contributed by atoms with E-state index in [4.69, 9.17) is 9.84 Å². The maximum absolute atomic E-state index is 13.2. The van der Waals surface area contributed by atoms with Crippen LogP contribution in [0.2, 0.25) is 0 Å². The van der Waals surface area contributed by atoms with Crippen LogP contribution in [0.25, 0.3) is 0 Å². The number of aromatic nitrogens is 2. The fraction of sp³-hybridized carbons (Fsp3) is 0.750. The maximum atomic E-state index is 13.2. The number of hydrogen-bond donors (Lipinski definition) is 0. The normalized spacial score (nSPS) is 22.2. The largest absolute Gasteiger partial charge is 0.381 e. The molecule has 2 saturated heterocycles. The average Bonchev–Trinajstić information content (AvgIpc) is 3.09. The molecule has 28 heavy (non-hydrogen) atoms. The van der Waals surface area contributed by atoms with Crippen LogP contribution >= 0.6 is 0 Å². The lowest BCUT2D eigenvalue weighted by molar-refractivity contribution is -0.141. The first-order valence-electron chi connectivity index (χ1n) is 10.3. The molecule has 8 heteroatoms. The van der Waals surface area contributed by atoms with Gasteiger partial charge in [-0.15, -0.1) is 0 Å². The molecule has 0 atom stereocenters. The van der Waals surface area contributed by atoms with E-state index < -0.39 is 0 Å². The first-order valence-corrected chi connectivity index (χ1v) is 10.3. The molecule has 3 amide bonds. The molecule has 0 N–H and O–H groups in total. The standard InChI is InChI=1S/C20H31N5O3/c1-22(2)19(27)24-8-6-20(7-9-24)14-25(13-16-12-23(3)21-17(16)20)18(26)15-4-10-28-11-5-15/h12,15H,4-11,13-14H2,1-3H3. The molecule has 2 fully saturated rings. The SMILES string of the molecule is CN(C)C(=O)N1CCC2(CC1)CN(C(=O)C1CCOCC1)Cc1cn(C)nc12. The van der Waals surface area contributed by atoms with Gasteiger partial charge in [-0.05, 0) is 25.7 Å². The summed E-state index contributed by atoms with van der Waals surface area (Å²) in [6, 6.07) is 0.0574. The molecule has 0 unspecified atom stereocenters. The number of nitrogens with zero attached hydrogens (tertiary/aromatic N) is 5. The summed E-state index contributed by atoms with van der Waals surface area (Å²) < 4.78 is 7.30. The number of amides is 3. The second-order valence-electron chi connectivity index (χ2n) is 8.70. The van der Waals surface area contributed by atoms with Crippen LogP contribution in [0.3, 0.4) is 0 Å². The van der Waals surface area contributed by atoms with Crippen LogP contribution in [-0.2, 0) is 28.5 Å². The van der Waals surface area contributed by atoms with Crippen LogP contribution in [-0.4, -0.2) is 83.4 Å². The van der Waals surface area contributed by atoms with E-state index in [9.17, 15) is 9.59 Å². The van der Waals surface area contributed by atoms with Gasteiger partial charge in [0.1, 0.15) is 0 Å². The van der Waals surface area contributed by atoms with Crippen molar-refractivity contribution in [2.75, 3.05) is 46.9 Å². The van der Waals surface area contributed by atoms with Crippen molar-refractivity contribution in [2.24, 2.45) is 13.0 Å². The van der Waals surface area contributed by atoms with Crippen LogP contribution in [0.1, 0.15) is 36.9 Å². The Morgan fingerprint density at radius 2 is 1.86 bits per heavy atom. The number of carbonyl (C=O) groups excluding carboxylic acids is 2. The Morgan fingerprint density at radius 1 is 1.18 bits per heavy atom. The van der Waals surface area contributed by atoms with Crippen molar-refractivity contribution < 1.29 is 14.3 Å². The monoisotopic (exact) mass is 389 g/mol. The highest BCUT2D eigenvalue weighted by Crippen LogP contribution is 2.41. The molecule has 3 aliphatic heterocycles. The molecular weight excluding hydrogens is 358 g/mol. The number of rotatable bonds is 1. The molecule has 0 radical (unpaired) electrons. The smallest absolute Gasteiger partial charge is 0.319 e. The second-order valence-corrected chi connectivity index (χ2v) is 8.70. The summed E-state index contributed by atoms with van der Waals surface area (Å²) in [6.07, 6.45) is 5.36. The lowest BCUT2D eigenvalue weighted by Crippen LogP contribution is -2.56. The van der Waals surface area contributed by atoms with Crippen molar-refractivity contribution in [1.82, 2.24) is 24.5 Å². The highest BCUT2D eigenvalue weighted by atomic mass is 16.5. The third-order valence-electron chi connectivity index (χ3n) is 6.52. The summed E-state index contributed by atoms with van der Waals surface area (Å²) >= 11 is 0. The Balaban J connectivity index is 1.56. The van der Waals surface area contributed by atoms with Crippen LogP contribution < -0.4 is 0 Å². The lowest BCUT2D eigenvalue weighted by atomic mass is 9.71. The summed E-state index contributed by atoms with van der Waals surface area (Å²) in [5.41, 5.74) is 2.13. The number of ether oxygens (including phenoxy) is 1. The predicted molar refractivity (Wildman–Crippen MR) is 104 cm³/mol. The highest BCUT2D eigenvalue weighted by Gasteiger charge is 2.46. The van der Waals surface area contributed by atoms with Gasteiger partial charge in [0.15, 0.2) is 0 Å². The Hall–Kier alpha value is -2.09. The molecule has 154 valence electrons. The van der Waals surface area contributed by atoms with Gasteiger partial charge >= 0.3 is 6.03 Å². The van der Waals surface area contributed by atoms with E-state index in [1.807, 2.05) is 21.5 Å². The average molecular weight is 390 g/mol. The molecule has 0 aliphatic carbocycles. The molecule has 1 aromatic rings. The third-order valence-corrected chi connectivity index (χ3v) is 6.52. The molecule has 0 saturated carbocycles. The van der Waals surface area contributed by atoms with Crippen molar-refractivity contribution in [2.45, 2.75) is 37.6 Å². The van der Waals surface area contributed by atoms with Crippen LogP contribution in [0.5, 0.6) is 0 Å². The third kappa shape index (κ3) is 3.38. The molecule has 8 nitrogen and oxygen atoms in total. The zero-order valence-corrected chi connectivity index (χ0v) is 17.2. The minimum absolute atomic E-state index is 0.0574. The number of carbonyl (C=O) groups is 2. The lowest BCUT2D eigenvalue weighted by Gasteiger charge is -2.47. The van der Waals surface area contributed by atoms with Crippen molar-refractivity contribution in [1.29, 1.82) is 0 Å². The van der Waals surface area contributed by atoms with Gasteiger partial charge in [-0.25, -0.2) is 4.79 Å². The van der Waals surface area contributed by atoms with Crippen molar-refractivity contribution in [3.05, 3.63) is 17.5 Å². The van der Waals surface area contributed by atoms with E-state index >= 15 is 0 Å². The van der Waals surface area contributed by atoms with Crippen LogP contribution in [0.4, 0.5) is 4.79 Å². The first-order chi connectivity index (χ1) is 13.4. The van der Waals surface area contributed by atoms with E-state index in [0.29, 0.717) is 39.4 Å². The second kappa shape index (κ2) is 7.39. The number of piperidine rings is 1. The van der Waals surface area contributed by atoms with Crippen LogP contribution in [0, 0.1) is 5.92 Å². The van der Waals surface area contributed by atoms with Gasteiger partial charge in [-0.3, -0.25) is 9.48 Å². The minimum atomic E-state index is -0.154. The molecule has 4 rings (SSSR count). The Labute approximate surface area is 166 Å². The topological polar surface area (TPSA) is 70.9 Å². The van der Waals surface area contributed by atoms with Gasteiger partial charge in [0, 0.05) is 83.6 Å². The summed E-state index contributed by atoms with van der Waals surface area (Å²) in [6.45, 7) is 4.10. The highest BCUT2D eigenvalue weighted by molar-refractivity contribution is 5.79. The van der Waals surface area contributed by atoms with E-state index in [1.165, 1.54) is 0 Å². The molecule has 0 bridgehead atoms. The molecule has 3 aliphatic rings. The van der Waals surface area contributed by atoms with Gasteiger partial charge in [-0.1, -0.05) is 0 Å². The Bertz CT molecular complexity index is 745. The zero-order valence-electron chi connectivity index (χ0n) is 17.2. The number of aryl methyl sites for hydroxylation is 1. The predicted octanol–water partition coefficient (Wildman–Crippen LogP) is 1.20. The van der Waals surface area contributed by atoms with E-state index in [1.54, 1.807) is 19.0 Å². The Morgan fingerprint density at radius 3 is 2.50 bits per heavy atom. The van der Waals surface area contributed by atoms with Gasteiger partial charge in [0.05, 0.1) is 5.69 Å². The molecule has 4 heterocycles. The summed E-state index contributed by atoms with van der Waals surface area (Å²) in [5.74, 6) is 0.323. The summed E-state index contributed by atoms with van der Waals surface area (Å²) in [7, 11) is 5.53. The van der Waals surface area contributed by atoms with Crippen molar-refractivity contribution >= 4 is 11.9 Å². The molecule has 1 aromatic heterocycles. The Kier molecular flexibility index (Phi) is 5.07. The zero-order chi connectivity index (χ0) is 19.9. The molecule has 1 spiro atoms. The number of hydrogen-bond acceptors (Lipinski definition) is 4. The van der Waals surface area contributed by atoms with Gasteiger partial charge < -0.3 is 19.4 Å². The van der Waals surface area contributed by atoms with Gasteiger partial charge in [0.25, 0.3) is 0 Å². The molecular formula is C20H31N5O3. The van der Waals surface area contributed by atoms with Gasteiger partial charge in [0.2, 0.25) is 5.91 Å². The van der Waals surface area contributed by atoms with Crippen molar-refractivity contribution in [3.8, 4) is 0 Å². The maximum Gasteiger partial charge on any atom is 0.319 e. The number of urea groups is 1. The van der Waals surface area contributed by atoms with Crippen molar-refractivity contribution in [3.63, 3.8) is 0 Å². The van der Waals surface area contributed by atoms with Gasteiger partial charge in [-0.2, -0.15) is 5.10 Å². The van der Waals surface area contributed by atoms with Crippen LogP contribution in [0.15, 0.2) is 6.20 Å². The number of fused-ring (bicyclic) bond motifs is 2. The fourth-order valence-electron chi connectivity index (χ4n) is 4.96. The fourth-order valence-corrected chi connectivity index (χ4v) is 4.96. The first kappa shape index (κ1) is 19.2.